The van der Waals surface area contributed by atoms with Crippen molar-refractivity contribution in [2.75, 3.05) is 0 Å². The second kappa shape index (κ2) is 7.54. The summed E-state index contributed by atoms with van der Waals surface area (Å²) in [6.07, 6.45) is 0.441. The number of thiocarbonyl (C=S) groups is 1. The molecule has 2 rings (SSSR count). The summed E-state index contributed by atoms with van der Waals surface area (Å²) in [5.41, 5.74) is 0.412. The Balaban J connectivity index is 2.26. The lowest BCUT2D eigenvalue weighted by Gasteiger charge is -2.27. The Bertz CT molecular complexity index is 749. The van der Waals surface area contributed by atoms with Crippen molar-refractivity contribution in [2.24, 2.45) is 0 Å². The molecule has 1 aliphatic rings. The zero-order valence-electron chi connectivity index (χ0n) is 12.1. The van der Waals surface area contributed by atoms with Crippen molar-refractivity contribution in [1.29, 1.82) is 0 Å². The highest BCUT2D eigenvalue weighted by Crippen LogP contribution is 2.34. The van der Waals surface area contributed by atoms with Gasteiger partial charge in [0.25, 0.3) is 5.91 Å². The number of rotatable bonds is 6. The van der Waals surface area contributed by atoms with Crippen LogP contribution in [0.2, 0.25) is 0 Å². The Morgan fingerprint density at radius 3 is 2.67 bits per heavy atom. The van der Waals surface area contributed by atoms with Crippen molar-refractivity contribution in [1.82, 2.24) is 4.90 Å². The molecule has 0 saturated carbocycles. The van der Waals surface area contributed by atoms with Gasteiger partial charge in [-0.15, -0.1) is 0 Å². The average molecular weight is 367 g/mol. The Hall–Kier alpha value is -2.26. The third-order valence-electron chi connectivity index (χ3n) is 3.18. The lowest BCUT2D eigenvalue weighted by atomic mass is 10.1. The molecule has 1 saturated heterocycles. The summed E-state index contributed by atoms with van der Waals surface area (Å²) in [7, 11) is 0. The number of hydrogen-bond acceptors (Lipinski definition) is 7. The van der Waals surface area contributed by atoms with E-state index in [4.69, 9.17) is 12.2 Å². The van der Waals surface area contributed by atoms with Crippen LogP contribution in [0, 0.1) is 5.82 Å². The molecule has 0 unspecified atom stereocenters. The van der Waals surface area contributed by atoms with Crippen LogP contribution in [0.5, 0.6) is 0 Å². The van der Waals surface area contributed by atoms with Gasteiger partial charge in [-0.3, -0.25) is 9.69 Å². The molecule has 24 heavy (non-hydrogen) atoms. The fourth-order valence-electron chi connectivity index (χ4n) is 2.10. The molecule has 1 atom stereocenters. The Labute approximate surface area is 146 Å². The predicted octanol–water partition coefficient (Wildman–Crippen LogP) is -0.324. The van der Waals surface area contributed by atoms with Gasteiger partial charge in [0.05, 0.1) is 16.9 Å². The minimum atomic E-state index is -1.61. The zero-order chi connectivity index (χ0) is 17.9. The van der Waals surface area contributed by atoms with Gasteiger partial charge in [-0.2, -0.15) is 0 Å². The van der Waals surface area contributed by atoms with E-state index in [0.29, 0.717) is 5.56 Å². The van der Waals surface area contributed by atoms with Crippen LogP contribution in [0.4, 0.5) is 4.39 Å². The predicted molar refractivity (Wildman–Crippen MR) is 84.4 cm³/mol. The second-order valence-corrected chi connectivity index (χ2v) is 6.53. The summed E-state index contributed by atoms with van der Waals surface area (Å²) >= 11 is 5.87. The number of carbonyl (C=O) groups excluding carboxylic acids is 3. The van der Waals surface area contributed by atoms with Crippen molar-refractivity contribution in [3.63, 3.8) is 0 Å². The van der Waals surface area contributed by atoms with Crippen molar-refractivity contribution in [2.45, 2.75) is 18.9 Å². The van der Waals surface area contributed by atoms with Gasteiger partial charge in [0.2, 0.25) is 0 Å². The molecule has 1 heterocycles. The number of benzene rings is 1. The fraction of sp³-hybridized carbons (Fsp3) is 0.200. The molecular weight excluding hydrogens is 357 g/mol. The number of halogens is 1. The normalized spacial score (nSPS) is 17.4. The number of carboxylic acid groups (broad SMARTS) is 2. The molecule has 1 fully saturated rings. The molecule has 0 radical (unpaired) electrons. The first-order chi connectivity index (χ1) is 11.3. The standard InChI is InChI=1S/C15H12FNO5S2/c16-9-3-1-2-8(6-9)7-11-13(20)17(15(23)24-11)10(14(21)22)4-5-12(18)19/h1-3,6-7,10H,4-5H2,(H,18,19)(H,21,22)/p-2/b11-7-/t10-/m0/s1. The number of aliphatic carboxylic acids is 2. The number of carbonyl (C=O) groups is 3. The maximum atomic E-state index is 13.2. The Kier molecular flexibility index (Phi) is 5.68. The van der Waals surface area contributed by atoms with Crippen LogP contribution in [-0.4, -0.2) is 33.1 Å². The highest BCUT2D eigenvalue weighted by Gasteiger charge is 2.37. The third kappa shape index (κ3) is 4.18. The molecule has 0 spiro atoms. The molecular formula is C15H10FNO5S2-2. The Morgan fingerprint density at radius 2 is 2.08 bits per heavy atom. The Morgan fingerprint density at radius 1 is 1.38 bits per heavy atom. The minimum Gasteiger partial charge on any atom is -0.550 e. The summed E-state index contributed by atoms with van der Waals surface area (Å²) in [6, 6.07) is 3.98. The van der Waals surface area contributed by atoms with E-state index in [1.165, 1.54) is 24.3 Å². The summed E-state index contributed by atoms with van der Waals surface area (Å²) in [5, 5.41) is 21.8. The number of thioether (sulfide) groups is 1. The molecule has 0 N–H and O–H groups in total. The van der Waals surface area contributed by atoms with Crippen LogP contribution >= 0.6 is 24.0 Å². The van der Waals surface area contributed by atoms with Crippen molar-refractivity contribution in [3.05, 3.63) is 40.6 Å². The van der Waals surface area contributed by atoms with Crippen LogP contribution in [0.15, 0.2) is 29.2 Å². The second-order valence-electron chi connectivity index (χ2n) is 4.85. The maximum Gasteiger partial charge on any atom is 0.266 e. The van der Waals surface area contributed by atoms with Crippen molar-refractivity contribution >= 4 is 52.2 Å². The fourth-order valence-corrected chi connectivity index (χ4v) is 3.46. The van der Waals surface area contributed by atoms with E-state index in [0.717, 1.165) is 16.7 Å². The van der Waals surface area contributed by atoms with Crippen molar-refractivity contribution < 1.29 is 29.0 Å². The van der Waals surface area contributed by atoms with Crippen LogP contribution in [0.3, 0.4) is 0 Å². The van der Waals surface area contributed by atoms with Gasteiger partial charge >= 0.3 is 0 Å². The first-order valence-electron chi connectivity index (χ1n) is 6.73. The molecule has 0 bridgehead atoms. The van der Waals surface area contributed by atoms with E-state index in [9.17, 15) is 29.0 Å². The van der Waals surface area contributed by atoms with Gasteiger partial charge in [0.15, 0.2) is 0 Å². The van der Waals surface area contributed by atoms with E-state index in [-0.39, 0.29) is 15.6 Å². The van der Waals surface area contributed by atoms with Crippen molar-refractivity contribution in [3.8, 4) is 0 Å². The largest absolute Gasteiger partial charge is 0.550 e. The van der Waals surface area contributed by atoms with E-state index < -0.39 is 36.1 Å². The minimum absolute atomic E-state index is 0.0322. The van der Waals surface area contributed by atoms with E-state index in [1.54, 1.807) is 6.07 Å². The van der Waals surface area contributed by atoms with Crippen LogP contribution in [0.25, 0.3) is 6.08 Å². The summed E-state index contributed by atoms with van der Waals surface area (Å²) in [5.74, 6) is -4.23. The molecule has 0 aliphatic carbocycles. The van der Waals surface area contributed by atoms with Gasteiger partial charge in [0, 0.05) is 5.97 Å². The quantitative estimate of drug-likeness (QED) is 0.501. The molecule has 6 nitrogen and oxygen atoms in total. The number of hydrogen-bond donors (Lipinski definition) is 0. The summed E-state index contributed by atoms with van der Waals surface area (Å²) in [4.78, 5) is 35.1. The van der Waals surface area contributed by atoms with Gasteiger partial charge in [0.1, 0.15) is 10.1 Å². The van der Waals surface area contributed by atoms with Gasteiger partial charge in [-0.25, -0.2) is 4.39 Å². The van der Waals surface area contributed by atoms with Gasteiger partial charge in [-0.05, 0) is 36.6 Å². The first kappa shape index (κ1) is 18.1. The lowest BCUT2D eigenvalue weighted by molar-refractivity contribution is -0.311. The number of nitrogens with zero attached hydrogens (tertiary/aromatic N) is 1. The maximum absolute atomic E-state index is 13.2. The molecule has 1 aromatic rings. The molecule has 1 aliphatic heterocycles. The highest BCUT2D eigenvalue weighted by atomic mass is 32.2. The SMILES string of the molecule is O=C([O-])CC[C@@H](C(=O)[O-])N1C(=O)/C(=C/c2cccc(F)c2)SC1=S. The van der Waals surface area contributed by atoms with Crippen LogP contribution in [-0.2, 0) is 14.4 Å². The average Bonchev–Trinajstić information content (AvgIpc) is 2.74. The van der Waals surface area contributed by atoms with Crippen LogP contribution < -0.4 is 10.2 Å². The molecule has 1 amide bonds. The smallest absolute Gasteiger partial charge is 0.266 e. The lowest BCUT2D eigenvalue weighted by Crippen LogP contribution is -2.50. The molecule has 1 aromatic carbocycles. The summed E-state index contributed by atoms with van der Waals surface area (Å²) in [6.45, 7) is 0. The molecule has 126 valence electrons. The topological polar surface area (TPSA) is 101 Å². The molecule has 0 aromatic heterocycles. The van der Waals surface area contributed by atoms with E-state index in [1.807, 2.05) is 0 Å². The van der Waals surface area contributed by atoms with Crippen LogP contribution in [0.1, 0.15) is 18.4 Å². The molecule has 9 heteroatoms. The zero-order valence-corrected chi connectivity index (χ0v) is 13.7. The number of amides is 1. The monoisotopic (exact) mass is 367 g/mol. The third-order valence-corrected chi connectivity index (χ3v) is 4.51. The summed E-state index contributed by atoms with van der Waals surface area (Å²) < 4.78 is 13.2. The first-order valence-corrected chi connectivity index (χ1v) is 7.95. The van der Waals surface area contributed by atoms with Gasteiger partial charge in [-0.1, -0.05) is 36.1 Å². The highest BCUT2D eigenvalue weighted by molar-refractivity contribution is 8.26. The van der Waals surface area contributed by atoms with E-state index in [2.05, 4.69) is 0 Å². The number of carboxylic acids is 2. The van der Waals surface area contributed by atoms with Gasteiger partial charge < -0.3 is 19.8 Å². The van der Waals surface area contributed by atoms with E-state index >= 15 is 0 Å².